The van der Waals surface area contributed by atoms with E-state index < -0.39 is 17.6 Å². The lowest BCUT2D eigenvalue weighted by Gasteiger charge is -2.11. The second-order valence-corrected chi connectivity index (χ2v) is 2.92. The molecule has 14 heavy (non-hydrogen) atoms. The Kier molecular flexibility index (Phi) is 4.83. The topological polar surface area (TPSA) is 66.5 Å². The van der Waals surface area contributed by atoms with Crippen LogP contribution >= 0.6 is 12.4 Å². The Morgan fingerprint density at radius 2 is 2.07 bits per heavy atom. The summed E-state index contributed by atoms with van der Waals surface area (Å²) in [6, 6.07) is 2.28. The van der Waals surface area contributed by atoms with Crippen molar-refractivity contribution in [2.24, 2.45) is 5.73 Å². The van der Waals surface area contributed by atoms with Crippen LogP contribution < -0.4 is 5.73 Å². The lowest BCUT2D eigenvalue weighted by molar-refractivity contribution is 0.264. The molecule has 80 valence electrons. The molecule has 5 heteroatoms. The van der Waals surface area contributed by atoms with Crippen LogP contribution in [0.2, 0.25) is 0 Å². The van der Waals surface area contributed by atoms with Gasteiger partial charge in [0, 0.05) is 5.56 Å². The molecule has 0 spiro atoms. The molecule has 0 amide bonds. The second kappa shape index (κ2) is 5.14. The number of phenolic OH excluding ortho intramolecular Hbond substituents is 1. The molecule has 0 unspecified atom stereocenters. The highest BCUT2D eigenvalue weighted by Gasteiger charge is 2.14. The Bertz CT molecular complexity index is 320. The Labute approximate surface area is 87.8 Å². The molecule has 0 bridgehead atoms. The first-order valence-electron chi connectivity index (χ1n) is 3.92. The van der Waals surface area contributed by atoms with Crippen molar-refractivity contribution in [2.75, 3.05) is 6.61 Å². The van der Waals surface area contributed by atoms with E-state index >= 15 is 0 Å². The fourth-order valence-electron chi connectivity index (χ4n) is 1.08. The van der Waals surface area contributed by atoms with Gasteiger partial charge in [0.25, 0.3) is 0 Å². The number of rotatable bonds is 2. The maximum absolute atomic E-state index is 13.1. The van der Waals surface area contributed by atoms with Gasteiger partial charge >= 0.3 is 0 Å². The van der Waals surface area contributed by atoms with Gasteiger partial charge in [0.05, 0.1) is 12.6 Å². The van der Waals surface area contributed by atoms with E-state index in [1.54, 1.807) is 6.92 Å². The second-order valence-electron chi connectivity index (χ2n) is 2.92. The number of nitrogens with two attached hydrogens (primary N) is 1. The van der Waals surface area contributed by atoms with Crippen LogP contribution in [0.25, 0.3) is 0 Å². The average molecular weight is 222 g/mol. The zero-order valence-corrected chi connectivity index (χ0v) is 8.51. The highest BCUT2D eigenvalue weighted by Crippen LogP contribution is 2.27. The number of phenols is 1. The molecular formula is C9H13ClFNO2. The molecule has 0 saturated heterocycles. The van der Waals surface area contributed by atoms with Crippen molar-refractivity contribution >= 4 is 12.4 Å². The van der Waals surface area contributed by atoms with E-state index in [9.17, 15) is 9.50 Å². The van der Waals surface area contributed by atoms with Gasteiger partial charge in [-0.05, 0) is 12.5 Å². The van der Waals surface area contributed by atoms with Crippen LogP contribution in [0, 0.1) is 12.7 Å². The molecule has 0 saturated carbocycles. The molecule has 0 aliphatic heterocycles. The van der Waals surface area contributed by atoms with Gasteiger partial charge in [0.15, 0.2) is 11.6 Å². The molecule has 0 radical (unpaired) electrons. The largest absolute Gasteiger partial charge is 0.505 e. The van der Waals surface area contributed by atoms with Gasteiger partial charge in [-0.3, -0.25) is 0 Å². The van der Waals surface area contributed by atoms with Gasteiger partial charge in [0.1, 0.15) is 0 Å². The molecule has 0 heterocycles. The molecule has 0 aliphatic rings. The number of benzene rings is 1. The summed E-state index contributed by atoms with van der Waals surface area (Å²) < 4.78 is 13.1. The molecule has 3 nitrogen and oxygen atoms in total. The number of aryl methyl sites for hydroxylation is 1. The number of aliphatic hydroxyl groups excluding tert-OH is 1. The lowest BCUT2D eigenvalue weighted by Crippen LogP contribution is -2.15. The summed E-state index contributed by atoms with van der Waals surface area (Å²) in [5, 5.41) is 18.0. The minimum Gasteiger partial charge on any atom is -0.505 e. The van der Waals surface area contributed by atoms with Crippen LogP contribution in [-0.4, -0.2) is 16.8 Å². The molecular weight excluding hydrogens is 209 g/mol. The minimum absolute atomic E-state index is 0. The van der Waals surface area contributed by atoms with Crippen LogP contribution in [-0.2, 0) is 0 Å². The number of hydrogen-bond acceptors (Lipinski definition) is 3. The van der Waals surface area contributed by atoms with Crippen molar-refractivity contribution in [1.29, 1.82) is 0 Å². The summed E-state index contributed by atoms with van der Waals surface area (Å²) in [5.41, 5.74) is 6.02. The average Bonchev–Trinajstić information content (AvgIpc) is 2.13. The van der Waals surface area contributed by atoms with Crippen LogP contribution in [0.3, 0.4) is 0 Å². The molecule has 4 N–H and O–H groups in total. The van der Waals surface area contributed by atoms with Crippen molar-refractivity contribution in [3.63, 3.8) is 0 Å². The Balaban J connectivity index is 0.00000169. The van der Waals surface area contributed by atoms with Gasteiger partial charge in [0.2, 0.25) is 0 Å². The predicted octanol–water partition coefficient (Wildman–Crippen LogP) is 1.25. The smallest absolute Gasteiger partial charge is 0.168 e. The number of hydrogen-bond donors (Lipinski definition) is 3. The third-order valence-corrected chi connectivity index (χ3v) is 1.94. The molecule has 0 aromatic heterocycles. The third kappa shape index (κ3) is 2.35. The van der Waals surface area contributed by atoms with Gasteiger partial charge in [-0.2, -0.15) is 0 Å². The fourth-order valence-corrected chi connectivity index (χ4v) is 1.08. The Hall–Kier alpha value is -0.840. The summed E-state index contributed by atoms with van der Waals surface area (Å²) in [5.74, 6) is -1.15. The number of aromatic hydroxyl groups is 1. The third-order valence-electron chi connectivity index (χ3n) is 1.94. The summed E-state index contributed by atoms with van der Waals surface area (Å²) in [7, 11) is 0. The summed E-state index contributed by atoms with van der Waals surface area (Å²) >= 11 is 0. The first-order chi connectivity index (χ1) is 6.07. The zero-order valence-electron chi connectivity index (χ0n) is 7.70. The van der Waals surface area contributed by atoms with Gasteiger partial charge in [-0.25, -0.2) is 4.39 Å². The van der Waals surface area contributed by atoms with Crippen LogP contribution in [0.5, 0.6) is 5.75 Å². The van der Waals surface area contributed by atoms with E-state index in [1.807, 2.05) is 0 Å². The van der Waals surface area contributed by atoms with E-state index in [1.165, 1.54) is 12.1 Å². The molecule has 1 rings (SSSR count). The first kappa shape index (κ1) is 13.2. The molecule has 0 aliphatic carbocycles. The maximum Gasteiger partial charge on any atom is 0.168 e. The number of halogens is 2. The first-order valence-corrected chi connectivity index (χ1v) is 3.92. The van der Waals surface area contributed by atoms with Crippen molar-refractivity contribution in [2.45, 2.75) is 13.0 Å². The predicted molar refractivity (Wildman–Crippen MR) is 54.1 cm³/mol. The zero-order chi connectivity index (χ0) is 10.0. The van der Waals surface area contributed by atoms with Crippen LogP contribution in [0.4, 0.5) is 4.39 Å². The van der Waals surface area contributed by atoms with Crippen LogP contribution in [0.15, 0.2) is 12.1 Å². The SMILES string of the molecule is Cc1ccc([C@H](N)CO)c(O)c1F.Cl. The summed E-state index contributed by atoms with van der Waals surface area (Å²) in [6.45, 7) is 1.22. The standard InChI is InChI=1S/C9H12FNO2.ClH/c1-5-2-3-6(7(11)4-12)9(13)8(5)10;/h2-3,7,12-13H,4,11H2,1H3;1H/t7-;/m1./s1. The van der Waals surface area contributed by atoms with Gasteiger partial charge < -0.3 is 15.9 Å². The highest BCUT2D eigenvalue weighted by atomic mass is 35.5. The fraction of sp³-hybridized carbons (Fsp3) is 0.333. The van der Waals surface area contributed by atoms with Crippen molar-refractivity contribution in [1.82, 2.24) is 0 Å². The lowest BCUT2D eigenvalue weighted by atomic mass is 10.0. The normalized spacial score (nSPS) is 12.0. The molecule has 1 aromatic carbocycles. The van der Waals surface area contributed by atoms with E-state index in [0.29, 0.717) is 5.56 Å². The molecule has 1 atom stereocenters. The highest BCUT2D eigenvalue weighted by molar-refractivity contribution is 5.85. The van der Waals surface area contributed by atoms with E-state index in [2.05, 4.69) is 0 Å². The summed E-state index contributed by atoms with van der Waals surface area (Å²) in [4.78, 5) is 0. The van der Waals surface area contributed by atoms with Crippen LogP contribution in [0.1, 0.15) is 17.2 Å². The monoisotopic (exact) mass is 221 g/mol. The van der Waals surface area contributed by atoms with Crippen molar-refractivity contribution < 1.29 is 14.6 Å². The quantitative estimate of drug-likeness (QED) is 0.704. The van der Waals surface area contributed by atoms with Gasteiger partial charge in [-0.1, -0.05) is 12.1 Å². The van der Waals surface area contributed by atoms with E-state index in [-0.39, 0.29) is 24.6 Å². The Morgan fingerprint density at radius 1 is 1.50 bits per heavy atom. The Morgan fingerprint density at radius 3 is 2.57 bits per heavy atom. The summed E-state index contributed by atoms with van der Waals surface area (Å²) in [6.07, 6.45) is 0. The minimum atomic E-state index is -0.741. The molecule has 1 aromatic rings. The maximum atomic E-state index is 13.1. The van der Waals surface area contributed by atoms with Gasteiger partial charge in [-0.15, -0.1) is 12.4 Å². The number of aliphatic hydroxyl groups is 1. The molecule has 0 fully saturated rings. The van der Waals surface area contributed by atoms with E-state index in [4.69, 9.17) is 10.8 Å². The van der Waals surface area contributed by atoms with Crippen molar-refractivity contribution in [3.8, 4) is 5.75 Å². The van der Waals surface area contributed by atoms with E-state index in [0.717, 1.165) is 0 Å². The van der Waals surface area contributed by atoms with Crippen molar-refractivity contribution in [3.05, 3.63) is 29.1 Å².